The normalized spacial score (nSPS) is 25.0. The number of methoxy groups -OCH3 is 1. The van der Waals surface area contributed by atoms with Crippen LogP contribution < -0.4 is 4.90 Å². The van der Waals surface area contributed by atoms with Gasteiger partial charge in [-0.05, 0) is 25.8 Å². The summed E-state index contributed by atoms with van der Waals surface area (Å²) in [6.45, 7) is 5.37. The molecule has 1 aliphatic rings. The van der Waals surface area contributed by atoms with Crippen molar-refractivity contribution in [2.24, 2.45) is 0 Å². The molecular formula is C13H19NO3. The van der Waals surface area contributed by atoms with Crippen LogP contribution in [0.3, 0.4) is 0 Å². The van der Waals surface area contributed by atoms with E-state index in [1.807, 2.05) is 6.07 Å². The zero-order valence-electron chi connectivity index (χ0n) is 10.7. The maximum atomic E-state index is 11.2. The van der Waals surface area contributed by atoms with Gasteiger partial charge in [-0.15, -0.1) is 0 Å². The maximum absolute atomic E-state index is 11.2. The van der Waals surface area contributed by atoms with Crippen molar-refractivity contribution in [3.8, 4) is 0 Å². The smallest absolute Gasteiger partial charge is 0.196 e. The molecule has 0 bridgehead atoms. The van der Waals surface area contributed by atoms with Crippen molar-refractivity contribution >= 4 is 11.7 Å². The van der Waals surface area contributed by atoms with E-state index < -0.39 is 0 Å². The molecular weight excluding hydrogens is 218 g/mol. The van der Waals surface area contributed by atoms with Crippen LogP contribution in [0.2, 0.25) is 0 Å². The molecule has 2 rings (SSSR count). The van der Waals surface area contributed by atoms with Crippen LogP contribution in [0, 0.1) is 0 Å². The summed E-state index contributed by atoms with van der Waals surface area (Å²) in [7, 11) is 1.74. The quantitative estimate of drug-likeness (QED) is 0.757. The molecule has 4 nitrogen and oxygen atoms in total. The number of Topliss-reactive ketones (excluding diaryl/α,β-unsaturated/α-hetero) is 1. The molecule has 2 heterocycles. The fourth-order valence-electron chi connectivity index (χ4n) is 2.25. The van der Waals surface area contributed by atoms with Gasteiger partial charge in [-0.3, -0.25) is 4.79 Å². The molecule has 0 amide bonds. The number of carbonyl (C=O) groups is 1. The number of hydrogen-bond donors (Lipinski definition) is 0. The highest BCUT2D eigenvalue weighted by molar-refractivity contribution is 5.91. The van der Waals surface area contributed by atoms with E-state index in [4.69, 9.17) is 9.15 Å². The molecule has 4 heteroatoms. The number of ketones is 1. The van der Waals surface area contributed by atoms with Crippen molar-refractivity contribution < 1.29 is 13.9 Å². The second-order valence-corrected chi connectivity index (χ2v) is 4.87. The third kappa shape index (κ3) is 2.52. The van der Waals surface area contributed by atoms with Crippen molar-refractivity contribution in [1.29, 1.82) is 0 Å². The van der Waals surface area contributed by atoms with Gasteiger partial charge in [0.15, 0.2) is 17.4 Å². The highest BCUT2D eigenvalue weighted by atomic mass is 16.5. The van der Waals surface area contributed by atoms with Crippen LogP contribution in [0.25, 0.3) is 0 Å². The molecule has 0 N–H and O–H groups in total. The SMILES string of the molecule is COC1(C)CCCN(c2ccc(C(C)=O)o2)C1. The van der Waals surface area contributed by atoms with Crippen LogP contribution in [-0.4, -0.2) is 31.6 Å². The van der Waals surface area contributed by atoms with Crippen molar-refractivity contribution in [2.45, 2.75) is 32.3 Å². The van der Waals surface area contributed by atoms with Gasteiger partial charge in [-0.25, -0.2) is 0 Å². The minimum absolute atomic E-state index is 0.0391. The summed E-state index contributed by atoms with van der Waals surface area (Å²) >= 11 is 0. The Hall–Kier alpha value is -1.29. The van der Waals surface area contributed by atoms with E-state index in [0.29, 0.717) is 5.76 Å². The first-order chi connectivity index (χ1) is 8.04. The van der Waals surface area contributed by atoms with Crippen LogP contribution in [-0.2, 0) is 4.74 Å². The second-order valence-electron chi connectivity index (χ2n) is 4.87. The third-order valence-electron chi connectivity index (χ3n) is 3.40. The van der Waals surface area contributed by atoms with Gasteiger partial charge in [0.25, 0.3) is 0 Å². The number of furan rings is 1. The zero-order valence-corrected chi connectivity index (χ0v) is 10.7. The number of nitrogens with zero attached hydrogens (tertiary/aromatic N) is 1. The first kappa shape index (κ1) is 12.2. The monoisotopic (exact) mass is 237 g/mol. The number of piperidine rings is 1. The molecule has 1 saturated heterocycles. The Bertz CT molecular complexity index is 413. The molecule has 17 heavy (non-hydrogen) atoms. The molecule has 1 unspecified atom stereocenters. The van der Waals surface area contributed by atoms with Crippen LogP contribution in [0.5, 0.6) is 0 Å². The van der Waals surface area contributed by atoms with E-state index in [2.05, 4.69) is 11.8 Å². The van der Waals surface area contributed by atoms with Crippen LogP contribution >= 0.6 is 0 Å². The molecule has 0 aliphatic carbocycles. The number of rotatable bonds is 3. The zero-order chi connectivity index (χ0) is 12.5. The fraction of sp³-hybridized carbons (Fsp3) is 0.615. The van der Waals surface area contributed by atoms with E-state index in [1.165, 1.54) is 6.92 Å². The molecule has 1 aromatic rings. The van der Waals surface area contributed by atoms with Gasteiger partial charge in [0.05, 0.1) is 5.60 Å². The van der Waals surface area contributed by atoms with E-state index in [-0.39, 0.29) is 11.4 Å². The Kier molecular flexibility index (Phi) is 3.24. The first-order valence-electron chi connectivity index (χ1n) is 5.95. The highest BCUT2D eigenvalue weighted by Crippen LogP contribution is 2.29. The summed E-state index contributed by atoms with van der Waals surface area (Å²) in [5.74, 6) is 1.14. The van der Waals surface area contributed by atoms with Crippen LogP contribution in [0.15, 0.2) is 16.5 Å². The lowest BCUT2D eigenvalue weighted by Gasteiger charge is -2.39. The molecule has 0 spiro atoms. The Morgan fingerprint density at radius 1 is 1.53 bits per heavy atom. The Labute approximate surface area is 102 Å². The molecule has 1 aromatic heterocycles. The van der Waals surface area contributed by atoms with E-state index in [9.17, 15) is 4.79 Å². The van der Waals surface area contributed by atoms with Crippen molar-refractivity contribution in [3.63, 3.8) is 0 Å². The Morgan fingerprint density at radius 2 is 2.29 bits per heavy atom. The predicted octanol–water partition coefficient (Wildman–Crippen LogP) is 2.49. The van der Waals surface area contributed by atoms with Gasteiger partial charge >= 0.3 is 0 Å². The molecule has 1 aliphatic heterocycles. The van der Waals surface area contributed by atoms with Gasteiger partial charge in [-0.1, -0.05) is 0 Å². The van der Waals surface area contributed by atoms with Gasteiger partial charge < -0.3 is 14.1 Å². The Balaban J connectivity index is 2.13. The van der Waals surface area contributed by atoms with Gasteiger partial charge in [-0.2, -0.15) is 0 Å². The second kappa shape index (κ2) is 4.53. The van der Waals surface area contributed by atoms with E-state index >= 15 is 0 Å². The van der Waals surface area contributed by atoms with Crippen molar-refractivity contribution in [2.75, 3.05) is 25.1 Å². The average Bonchev–Trinajstić information content (AvgIpc) is 2.78. The van der Waals surface area contributed by atoms with Crippen LogP contribution in [0.1, 0.15) is 37.2 Å². The lowest BCUT2D eigenvalue weighted by atomic mass is 9.95. The molecule has 1 atom stereocenters. The molecule has 0 radical (unpaired) electrons. The summed E-state index contributed by atoms with van der Waals surface area (Å²) in [5.41, 5.74) is -0.124. The summed E-state index contributed by atoms with van der Waals surface area (Å²) in [6.07, 6.45) is 2.13. The lowest BCUT2D eigenvalue weighted by molar-refractivity contribution is -0.00545. The van der Waals surface area contributed by atoms with Crippen molar-refractivity contribution in [1.82, 2.24) is 0 Å². The molecule has 94 valence electrons. The van der Waals surface area contributed by atoms with Gasteiger partial charge in [0.1, 0.15) is 0 Å². The maximum Gasteiger partial charge on any atom is 0.196 e. The summed E-state index contributed by atoms with van der Waals surface area (Å²) in [5, 5.41) is 0. The predicted molar refractivity (Wildman–Crippen MR) is 65.6 cm³/mol. The topological polar surface area (TPSA) is 42.7 Å². The number of carbonyl (C=O) groups excluding carboxylic acids is 1. The summed E-state index contributed by atoms with van der Waals surface area (Å²) in [6, 6.07) is 3.59. The fourth-order valence-corrected chi connectivity index (χ4v) is 2.25. The number of anilines is 1. The summed E-state index contributed by atoms with van der Waals surface area (Å²) < 4.78 is 11.1. The molecule has 1 fully saturated rings. The number of hydrogen-bond acceptors (Lipinski definition) is 4. The number of ether oxygens (including phenoxy) is 1. The third-order valence-corrected chi connectivity index (χ3v) is 3.40. The summed E-state index contributed by atoms with van der Waals surface area (Å²) in [4.78, 5) is 13.3. The highest BCUT2D eigenvalue weighted by Gasteiger charge is 2.32. The first-order valence-corrected chi connectivity index (χ1v) is 5.95. The van der Waals surface area contributed by atoms with Gasteiger partial charge in [0.2, 0.25) is 0 Å². The van der Waals surface area contributed by atoms with Gasteiger partial charge in [0, 0.05) is 33.2 Å². The van der Waals surface area contributed by atoms with E-state index in [1.54, 1.807) is 13.2 Å². The van der Waals surface area contributed by atoms with Crippen molar-refractivity contribution in [3.05, 3.63) is 17.9 Å². The lowest BCUT2D eigenvalue weighted by Crippen LogP contribution is -2.47. The average molecular weight is 237 g/mol. The van der Waals surface area contributed by atoms with Crippen LogP contribution in [0.4, 0.5) is 5.88 Å². The van der Waals surface area contributed by atoms with E-state index in [0.717, 1.165) is 31.8 Å². The minimum Gasteiger partial charge on any atom is -0.437 e. The largest absolute Gasteiger partial charge is 0.437 e. The molecule has 0 aromatic carbocycles. The minimum atomic E-state index is -0.124. The molecule has 0 saturated carbocycles. The Morgan fingerprint density at radius 3 is 2.88 bits per heavy atom. The standard InChI is InChI=1S/C13H19NO3/c1-10(15)11-5-6-12(17-11)14-8-4-7-13(2,9-14)16-3/h5-6H,4,7-9H2,1-3H3.